The summed E-state index contributed by atoms with van der Waals surface area (Å²) < 4.78 is 11.0. The number of nitrogens with one attached hydrogen (secondary N) is 1. The lowest BCUT2D eigenvalue weighted by Gasteiger charge is -2.09. The average molecular weight is 218 g/mol. The Balaban J connectivity index is 2.53. The lowest BCUT2D eigenvalue weighted by atomic mass is 9.97. The number of hydrogen-bond donors (Lipinski definition) is 1. The lowest BCUT2D eigenvalue weighted by Crippen LogP contribution is -2.10. The first-order valence-corrected chi connectivity index (χ1v) is 5.99. The zero-order valence-corrected chi connectivity index (χ0v) is 8.37. The maximum atomic E-state index is 11.3. The average Bonchev–Trinajstić information content (AvgIpc) is 2.48. The van der Waals surface area contributed by atoms with E-state index in [1.54, 1.807) is 6.20 Å². The first kappa shape index (κ1) is 8.97. The number of rotatable bonds is 1. The lowest BCUT2D eigenvalue weighted by molar-refractivity contribution is 0.0968. The summed E-state index contributed by atoms with van der Waals surface area (Å²) in [5.41, 5.74) is 1.43. The van der Waals surface area contributed by atoms with E-state index >= 15 is 0 Å². The zero-order chi connectivity index (χ0) is 9.42. The molecular formula is C8H8ClNO2S. The van der Waals surface area contributed by atoms with Crippen LogP contribution in [0, 0.1) is 0 Å². The van der Waals surface area contributed by atoms with Crippen LogP contribution < -0.4 is 0 Å². The monoisotopic (exact) mass is 217 g/mol. The summed E-state index contributed by atoms with van der Waals surface area (Å²) in [6, 6.07) is 0. The van der Waals surface area contributed by atoms with Gasteiger partial charge in [-0.25, -0.2) is 4.21 Å². The molecule has 1 aliphatic carbocycles. The molecule has 3 nitrogen and oxygen atoms in total. The predicted octanol–water partition coefficient (Wildman–Crippen LogP) is 1.80. The predicted molar refractivity (Wildman–Crippen MR) is 50.3 cm³/mol. The molecule has 0 amide bonds. The summed E-state index contributed by atoms with van der Waals surface area (Å²) in [6.07, 6.45) is 3.75. The van der Waals surface area contributed by atoms with Gasteiger partial charge in [0.2, 0.25) is 0 Å². The molecule has 70 valence electrons. The van der Waals surface area contributed by atoms with Crippen LogP contribution in [-0.4, -0.2) is 15.0 Å². The topological polar surface area (TPSA) is 49.9 Å². The normalized spacial score (nSPS) is 18.4. The van der Waals surface area contributed by atoms with E-state index in [1.165, 1.54) is 0 Å². The summed E-state index contributed by atoms with van der Waals surface area (Å²) in [7, 11) is 3.96. The van der Waals surface area contributed by atoms with Gasteiger partial charge in [-0.2, -0.15) is 0 Å². The van der Waals surface area contributed by atoms with Crippen molar-refractivity contribution in [3.63, 3.8) is 0 Å². The third kappa shape index (κ3) is 1.44. The highest BCUT2D eigenvalue weighted by molar-refractivity contribution is 8.08. The molecule has 1 aliphatic rings. The van der Waals surface area contributed by atoms with E-state index in [1.807, 2.05) is 0 Å². The van der Waals surface area contributed by atoms with Gasteiger partial charge in [0.05, 0.1) is 10.6 Å². The van der Waals surface area contributed by atoms with Crippen molar-refractivity contribution in [2.75, 3.05) is 0 Å². The van der Waals surface area contributed by atoms with E-state index in [0.29, 0.717) is 17.0 Å². The van der Waals surface area contributed by atoms with Crippen molar-refractivity contribution < 1.29 is 9.00 Å². The van der Waals surface area contributed by atoms with Gasteiger partial charge in [-0.15, -0.1) is 0 Å². The van der Waals surface area contributed by atoms with Gasteiger partial charge in [-0.3, -0.25) is 4.79 Å². The van der Waals surface area contributed by atoms with Crippen LogP contribution in [0.1, 0.15) is 28.9 Å². The maximum Gasteiger partial charge on any atom is 0.179 e. The van der Waals surface area contributed by atoms with Crippen LogP contribution in [0.2, 0.25) is 0 Å². The van der Waals surface area contributed by atoms with Crippen molar-refractivity contribution in [2.45, 2.75) is 24.2 Å². The molecule has 0 bridgehead atoms. The van der Waals surface area contributed by atoms with E-state index in [-0.39, 0.29) is 5.78 Å². The highest BCUT2D eigenvalue weighted by Gasteiger charge is 2.23. The second kappa shape index (κ2) is 3.27. The van der Waals surface area contributed by atoms with Crippen LogP contribution in [0.5, 0.6) is 0 Å². The fourth-order valence-electron chi connectivity index (χ4n) is 1.63. The molecule has 0 fully saturated rings. The molecule has 2 rings (SSSR count). The van der Waals surface area contributed by atoms with E-state index in [9.17, 15) is 9.00 Å². The molecule has 1 N–H and O–H groups in total. The Morgan fingerprint density at radius 3 is 2.92 bits per heavy atom. The molecule has 0 saturated heterocycles. The fourth-order valence-corrected chi connectivity index (χ4v) is 2.59. The highest BCUT2D eigenvalue weighted by atomic mass is 35.7. The minimum Gasteiger partial charge on any atom is -0.357 e. The second-order valence-corrected chi connectivity index (χ2v) is 4.73. The van der Waals surface area contributed by atoms with Crippen LogP contribution in [0.25, 0.3) is 0 Å². The number of Topliss-reactive ketones (excluding diaryl/α,β-unsaturated/α-hetero) is 1. The van der Waals surface area contributed by atoms with Gasteiger partial charge < -0.3 is 4.98 Å². The molecule has 13 heavy (non-hydrogen) atoms. The van der Waals surface area contributed by atoms with Gasteiger partial charge in [-0.1, -0.05) is 0 Å². The SMILES string of the molecule is O=C1CCCc2c(S(=O)Cl)c[nH]c21. The number of H-pyrrole nitrogens is 1. The van der Waals surface area contributed by atoms with Crippen molar-refractivity contribution in [1.82, 2.24) is 4.98 Å². The minimum absolute atomic E-state index is 0.0922. The van der Waals surface area contributed by atoms with E-state index in [4.69, 9.17) is 10.7 Å². The summed E-state index contributed by atoms with van der Waals surface area (Å²) in [6.45, 7) is 0. The molecule has 0 radical (unpaired) electrons. The van der Waals surface area contributed by atoms with E-state index in [2.05, 4.69) is 4.98 Å². The summed E-state index contributed by atoms with van der Waals surface area (Å²) >= 11 is 0. The Hall–Kier alpha value is -0.610. The molecule has 0 aliphatic heterocycles. The number of carbonyl (C=O) groups is 1. The summed E-state index contributed by atoms with van der Waals surface area (Å²) in [5, 5.41) is 0. The molecule has 5 heteroatoms. The first-order valence-electron chi connectivity index (χ1n) is 4.01. The summed E-state index contributed by atoms with van der Waals surface area (Å²) in [4.78, 5) is 14.7. The Morgan fingerprint density at radius 1 is 1.46 bits per heavy atom. The Morgan fingerprint density at radius 2 is 2.23 bits per heavy atom. The highest BCUT2D eigenvalue weighted by Crippen LogP contribution is 2.26. The molecule has 0 aromatic carbocycles. The van der Waals surface area contributed by atoms with E-state index < -0.39 is 10.0 Å². The second-order valence-electron chi connectivity index (χ2n) is 3.01. The number of aromatic amines is 1. The van der Waals surface area contributed by atoms with Crippen molar-refractivity contribution >= 4 is 26.5 Å². The van der Waals surface area contributed by atoms with Crippen LogP contribution in [0.15, 0.2) is 11.1 Å². The quantitative estimate of drug-likeness (QED) is 0.730. The van der Waals surface area contributed by atoms with E-state index in [0.717, 1.165) is 18.4 Å². The number of halogens is 1. The first-order chi connectivity index (χ1) is 6.20. The molecule has 1 heterocycles. The molecule has 0 spiro atoms. The smallest absolute Gasteiger partial charge is 0.179 e. The van der Waals surface area contributed by atoms with Crippen LogP contribution in [0.4, 0.5) is 0 Å². The van der Waals surface area contributed by atoms with Crippen molar-refractivity contribution in [1.29, 1.82) is 0 Å². The van der Waals surface area contributed by atoms with Crippen molar-refractivity contribution in [3.05, 3.63) is 17.5 Å². The molecular weight excluding hydrogens is 210 g/mol. The van der Waals surface area contributed by atoms with Gasteiger partial charge in [-0.05, 0) is 29.1 Å². The van der Waals surface area contributed by atoms with Gasteiger partial charge in [0.15, 0.2) is 5.78 Å². The number of aromatic nitrogens is 1. The van der Waals surface area contributed by atoms with Gasteiger partial charge in [0.1, 0.15) is 10.0 Å². The molecule has 1 atom stereocenters. The maximum absolute atomic E-state index is 11.3. The zero-order valence-electron chi connectivity index (χ0n) is 6.80. The minimum atomic E-state index is -1.51. The Bertz CT molecular complexity index is 372. The standard InChI is InChI=1S/C8H8ClNO2S/c9-13(12)7-4-10-8-5(7)2-1-3-6(8)11/h4,10H,1-3H2. The van der Waals surface area contributed by atoms with Gasteiger partial charge in [0, 0.05) is 12.6 Å². The van der Waals surface area contributed by atoms with Crippen molar-refractivity contribution in [2.24, 2.45) is 0 Å². The van der Waals surface area contributed by atoms with Gasteiger partial charge in [0.25, 0.3) is 0 Å². The van der Waals surface area contributed by atoms with Crippen molar-refractivity contribution in [3.8, 4) is 0 Å². The van der Waals surface area contributed by atoms with Gasteiger partial charge >= 0.3 is 0 Å². The number of fused-ring (bicyclic) bond motifs is 1. The Kier molecular flexibility index (Phi) is 2.26. The summed E-state index contributed by atoms with van der Waals surface area (Å²) in [5.74, 6) is 0.0922. The molecule has 1 unspecified atom stereocenters. The molecule has 1 aromatic heterocycles. The fraction of sp³-hybridized carbons (Fsp3) is 0.375. The third-order valence-electron chi connectivity index (χ3n) is 2.23. The van der Waals surface area contributed by atoms with Crippen LogP contribution >= 0.6 is 10.7 Å². The van der Waals surface area contributed by atoms with Crippen LogP contribution in [0.3, 0.4) is 0 Å². The van der Waals surface area contributed by atoms with Crippen LogP contribution in [-0.2, 0) is 16.4 Å². The number of carbonyl (C=O) groups excluding carboxylic acids is 1. The molecule has 0 saturated carbocycles. The third-order valence-corrected chi connectivity index (χ3v) is 3.44. The Labute approximate surface area is 82.4 Å². The number of hydrogen-bond acceptors (Lipinski definition) is 2. The number of ketones is 1. The largest absolute Gasteiger partial charge is 0.357 e. The molecule has 1 aromatic rings.